The van der Waals surface area contributed by atoms with Gasteiger partial charge in [0, 0.05) is 6.61 Å². The van der Waals surface area contributed by atoms with Gasteiger partial charge in [0.1, 0.15) is 5.75 Å². The van der Waals surface area contributed by atoms with Crippen molar-refractivity contribution in [2.45, 2.75) is 20.5 Å². The summed E-state index contributed by atoms with van der Waals surface area (Å²) in [4.78, 5) is 0. The predicted molar refractivity (Wildman–Crippen MR) is 67.3 cm³/mol. The number of hydrogen-bond acceptors (Lipinski definition) is 4. The molecule has 0 fully saturated rings. The molecule has 0 aliphatic heterocycles. The zero-order chi connectivity index (χ0) is 12.8. The van der Waals surface area contributed by atoms with Crippen molar-refractivity contribution in [1.29, 1.82) is 0 Å². The predicted octanol–water partition coefficient (Wildman–Crippen LogP) is 0.548. The van der Waals surface area contributed by atoms with Crippen LogP contribution in [0.1, 0.15) is 19.4 Å². The van der Waals surface area contributed by atoms with Crippen molar-refractivity contribution in [3.63, 3.8) is 0 Å². The van der Waals surface area contributed by atoms with Gasteiger partial charge in [-0.05, 0) is 29.1 Å². The summed E-state index contributed by atoms with van der Waals surface area (Å²) in [6, 6.07) is 5.09. The molecular formula is C12H19BO4. The molecular weight excluding hydrogens is 219 g/mol. The molecule has 0 aromatic heterocycles. The van der Waals surface area contributed by atoms with Gasteiger partial charge in [0.2, 0.25) is 0 Å². The van der Waals surface area contributed by atoms with Crippen LogP contribution in [0.2, 0.25) is 0 Å². The first-order valence-electron chi connectivity index (χ1n) is 5.65. The summed E-state index contributed by atoms with van der Waals surface area (Å²) < 4.78 is 10.6. The molecule has 0 spiro atoms. The summed E-state index contributed by atoms with van der Waals surface area (Å²) in [6.45, 7) is 5.11. The standard InChI is InChI=1S/C12H19BO4/c1-9(2)7-17-8-10-6-11(16-3)4-5-12(10)13(14)15/h4-6,9,14-15H,7-8H2,1-3H3. The molecule has 0 radical (unpaired) electrons. The number of benzene rings is 1. The van der Waals surface area contributed by atoms with E-state index in [0.29, 0.717) is 30.3 Å². The topological polar surface area (TPSA) is 58.9 Å². The summed E-state index contributed by atoms with van der Waals surface area (Å²) in [5.41, 5.74) is 1.19. The van der Waals surface area contributed by atoms with Crippen LogP contribution in [0, 0.1) is 5.92 Å². The molecule has 0 saturated heterocycles. The van der Waals surface area contributed by atoms with Crippen molar-refractivity contribution in [2.75, 3.05) is 13.7 Å². The Labute approximate surface area is 102 Å². The Morgan fingerprint density at radius 2 is 2.00 bits per heavy atom. The average molecular weight is 238 g/mol. The minimum absolute atomic E-state index is 0.350. The Morgan fingerprint density at radius 1 is 1.29 bits per heavy atom. The molecule has 0 amide bonds. The fourth-order valence-electron chi connectivity index (χ4n) is 1.49. The van der Waals surface area contributed by atoms with Crippen LogP contribution in [-0.4, -0.2) is 30.9 Å². The van der Waals surface area contributed by atoms with Gasteiger partial charge < -0.3 is 19.5 Å². The zero-order valence-electron chi connectivity index (χ0n) is 10.5. The molecule has 0 atom stereocenters. The number of ether oxygens (including phenoxy) is 2. The van der Waals surface area contributed by atoms with Gasteiger partial charge in [0.25, 0.3) is 0 Å². The minimum atomic E-state index is -1.49. The minimum Gasteiger partial charge on any atom is -0.497 e. The maximum Gasteiger partial charge on any atom is 0.488 e. The van der Waals surface area contributed by atoms with Crippen LogP contribution in [0.25, 0.3) is 0 Å². The highest BCUT2D eigenvalue weighted by Gasteiger charge is 2.16. The maximum absolute atomic E-state index is 9.24. The number of hydrogen-bond donors (Lipinski definition) is 2. The van der Waals surface area contributed by atoms with Gasteiger partial charge in [0.15, 0.2) is 0 Å². The van der Waals surface area contributed by atoms with Crippen LogP contribution < -0.4 is 10.2 Å². The molecule has 1 aromatic rings. The van der Waals surface area contributed by atoms with Gasteiger partial charge >= 0.3 is 7.12 Å². The maximum atomic E-state index is 9.24. The van der Waals surface area contributed by atoms with E-state index in [2.05, 4.69) is 13.8 Å². The van der Waals surface area contributed by atoms with E-state index >= 15 is 0 Å². The van der Waals surface area contributed by atoms with Crippen molar-refractivity contribution >= 4 is 12.6 Å². The third-order valence-electron chi connectivity index (χ3n) is 2.34. The highest BCUT2D eigenvalue weighted by atomic mass is 16.5. The third kappa shape index (κ3) is 4.38. The number of methoxy groups -OCH3 is 1. The SMILES string of the molecule is COc1ccc(B(O)O)c(COCC(C)C)c1. The van der Waals surface area contributed by atoms with Crippen molar-refractivity contribution in [1.82, 2.24) is 0 Å². The van der Waals surface area contributed by atoms with E-state index in [9.17, 15) is 10.0 Å². The molecule has 0 saturated carbocycles. The molecule has 17 heavy (non-hydrogen) atoms. The van der Waals surface area contributed by atoms with Crippen LogP contribution in [0.3, 0.4) is 0 Å². The van der Waals surface area contributed by atoms with Crippen molar-refractivity contribution in [2.24, 2.45) is 5.92 Å². The summed E-state index contributed by atoms with van der Waals surface area (Å²) in [6.07, 6.45) is 0. The highest BCUT2D eigenvalue weighted by molar-refractivity contribution is 6.59. The fraction of sp³-hybridized carbons (Fsp3) is 0.500. The van der Waals surface area contributed by atoms with E-state index in [1.807, 2.05) is 0 Å². The lowest BCUT2D eigenvalue weighted by atomic mass is 9.77. The van der Waals surface area contributed by atoms with Gasteiger partial charge in [0.05, 0.1) is 13.7 Å². The summed E-state index contributed by atoms with van der Waals surface area (Å²) in [5, 5.41) is 18.5. The van der Waals surface area contributed by atoms with Gasteiger partial charge in [-0.15, -0.1) is 0 Å². The van der Waals surface area contributed by atoms with Gasteiger partial charge in [-0.25, -0.2) is 0 Å². The Bertz CT molecular complexity index is 352. The monoisotopic (exact) mass is 238 g/mol. The first-order chi connectivity index (χ1) is 8.04. The van der Waals surface area contributed by atoms with Crippen LogP contribution in [0.15, 0.2) is 18.2 Å². The zero-order valence-corrected chi connectivity index (χ0v) is 10.5. The lowest BCUT2D eigenvalue weighted by molar-refractivity contribution is 0.0973. The molecule has 1 rings (SSSR count). The van der Waals surface area contributed by atoms with E-state index in [1.54, 1.807) is 25.3 Å². The fourth-order valence-corrected chi connectivity index (χ4v) is 1.49. The van der Waals surface area contributed by atoms with E-state index in [1.165, 1.54) is 0 Å². The largest absolute Gasteiger partial charge is 0.497 e. The highest BCUT2D eigenvalue weighted by Crippen LogP contribution is 2.12. The van der Waals surface area contributed by atoms with Crippen LogP contribution in [-0.2, 0) is 11.3 Å². The lowest BCUT2D eigenvalue weighted by Gasteiger charge is -2.12. The van der Waals surface area contributed by atoms with Crippen molar-refractivity contribution in [3.05, 3.63) is 23.8 Å². The van der Waals surface area contributed by atoms with Gasteiger partial charge in [-0.2, -0.15) is 0 Å². The Balaban J connectivity index is 2.78. The van der Waals surface area contributed by atoms with Gasteiger partial charge in [-0.1, -0.05) is 19.9 Å². The molecule has 4 nitrogen and oxygen atoms in total. The lowest BCUT2D eigenvalue weighted by Crippen LogP contribution is -2.33. The van der Waals surface area contributed by atoms with E-state index in [4.69, 9.17) is 9.47 Å². The summed E-state index contributed by atoms with van der Waals surface area (Å²) in [5.74, 6) is 1.13. The van der Waals surface area contributed by atoms with Gasteiger partial charge in [-0.3, -0.25) is 0 Å². The van der Waals surface area contributed by atoms with Crippen LogP contribution in [0.4, 0.5) is 0 Å². The second kappa shape index (κ2) is 6.64. The second-order valence-electron chi connectivity index (χ2n) is 4.35. The van der Waals surface area contributed by atoms with E-state index in [-0.39, 0.29) is 0 Å². The summed E-state index contributed by atoms with van der Waals surface area (Å²) >= 11 is 0. The van der Waals surface area contributed by atoms with E-state index in [0.717, 1.165) is 5.56 Å². The molecule has 0 bridgehead atoms. The van der Waals surface area contributed by atoms with Crippen molar-refractivity contribution in [3.8, 4) is 5.75 Å². The van der Waals surface area contributed by atoms with E-state index < -0.39 is 7.12 Å². The second-order valence-corrected chi connectivity index (χ2v) is 4.35. The molecule has 2 N–H and O–H groups in total. The first-order valence-corrected chi connectivity index (χ1v) is 5.65. The summed E-state index contributed by atoms with van der Waals surface area (Å²) in [7, 11) is 0.0851. The molecule has 5 heteroatoms. The Kier molecular flexibility index (Phi) is 5.48. The number of rotatable bonds is 6. The first kappa shape index (κ1) is 14.0. The Morgan fingerprint density at radius 3 is 2.53 bits per heavy atom. The smallest absolute Gasteiger partial charge is 0.488 e. The molecule has 94 valence electrons. The molecule has 1 aromatic carbocycles. The van der Waals surface area contributed by atoms with Crippen LogP contribution >= 0.6 is 0 Å². The molecule has 0 unspecified atom stereocenters. The molecule has 0 aliphatic rings. The van der Waals surface area contributed by atoms with Crippen LogP contribution in [0.5, 0.6) is 5.75 Å². The molecule has 0 aliphatic carbocycles. The van der Waals surface area contributed by atoms with Crippen molar-refractivity contribution < 1.29 is 19.5 Å². The Hall–Kier alpha value is -1.04. The molecule has 0 heterocycles. The third-order valence-corrected chi connectivity index (χ3v) is 2.34. The quantitative estimate of drug-likeness (QED) is 0.710. The average Bonchev–Trinajstić information content (AvgIpc) is 2.28. The normalized spacial score (nSPS) is 10.7.